The molecule has 186 valence electrons. The van der Waals surface area contributed by atoms with Crippen LogP contribution in [0.15, 0.2) is 78.9 Å². The molecule has 0 aromatic heterocycles. The smallest absolute Gasteiger partial charge is 0.338 e. The minimum atomic E-state index is -1.17. The highest BCUT2D eigenvalue weighted by Gasteiger charge is 2.18. The van der Waals surface area contributed by atoms with Gasteiger partial charge in [0.25, 0.3) is 0 Å². The van der Waals surface area contributed by atoms with Gasteiger partial charge in [-0.1, -0.05) is 44.0 Å². The van der Waals surface area contributed by atoms with E-state index >= 15 is 0 Å². The first kappa shape index (κ1) is 27.7. The second-order valence-corrected chi connectivity index (χ2v) is 8.48. The maximum absolute atomic E-state index is 15.0. The number of aliphatic hydroxyl groups excluding tert-OH is 1. The van der Waals surface area contributed by atoms with Gasteiger partial charge in [0.05, 0.1) is 13.2 Å². The summed E-state index contributed by atoms with van der Waals surface area (Å²) in [5.74, 6) is -1.55. The molecule has 0 bridgehead atoms. The Balaban J connectivity index is 2.14. The van der Waals surface area contributed by atoms with Crippen molar-refractivity contribution in [1.29, 1.82) is 0 Å². The Morgan fingerprint density at radius 3 is 2.06 bits per heavy atom. The Hall–Kier alpha value is -3.55. The van der Waals surface area contributed by atoms with E-state index in [1.54, 1.807) is 50.2 Å². The van der Waals surface area contributed by atoms with E-state index in [-0.39, 0.29) is 25.2 Å². The lowest BCUT2D eigenvalue weighted by molar-refractivity contribution is -0.142. The molecule has 2 rings (SSSR count). The van der Waals surface area contributed by atoms with Crippen molar-refractivity contribution in [3.8, 4) is 16.9 Å². The molecule has 6 nitrogen and oxygen atoms in total. The van der Waals surface area contributed by atoms with Gasteiger partial charge in [-0.05, 0) is 67.7 Å². The van der Waals surface area contributed by atoms with Gasteiger partial charge >= 0.3 is 11.9 Å². The fraction of sp³-hybridized carbons (Fsp3) is 0.286. The van der Waals surface area contributed by atoms with E-state index in [1.807, 2.05) is 0 Å². The number of benzene rings is 2. The van der Waals surface area contributed by atoms with Crippen molar-refractivity contribution in [3.05, 3.63) is 90.3 Å². The van der Waals surface area contributed by atoms with Crippen LogP contribution in [0.25, 0.3) is 11.1 Å². The first-order valence-corrected chi connectivity index (χ1v) is 11.0. The molecule has 7 heteroatoms. The van der Waals surface area contributed by atoms with Gasteiger partial charge in [-0.25, -0.2) is 14.0 Å². The van der Waals surface area contributed by atoms with Crippen molar-refractivity contribution in [2.24, 2.45) is 5.92 Å². The number of carbonyl (C=O) groups excluding carboxylic acids is 2. The molecule has 2 atom stereocenters. The molecule has 2 aromatic rings. The predicted molar refractivity (Wildman–Crippen MR) is 132 cm³/mol. The number of aliphatic hydroxyl groups is 1. The minimum Gasteiger partial charge on any atom is -0.462 e. The summed E-state index contributed by atoms with van der Waals surface area (Å²) < 4.78 is 30.8. The van der Waals surface area contributed by atoms with Gasteiger partial charge in [0.2, 0.25) is 0 Å². The van der Waals surface area contributed by atoms with Crippen LogP contribution < -0.4 is 4.74 Å². The number of hydrogen-bond donors (Lipinski definition) is 1. The molecular weight excluding hydrogens is 451 g/mol. The molecule has 0 spiro atoms. The topological polar surface area (TPSA) is 82.1 Å². The first-order valence-electron chi connectivity index (χ1n) is 11.0. The Labute approximate surface area is 205 Å². The molecule has 0 fully saturated rings. The van der Waals surface area contributed by atoms with E-state index in [9.17, 15) is 19.1 Å². The summed E-state index contributed by atoms with van der Waals surface area (Å²) in [6, 6.07) is 11.5. The molecule has 1 N–H and O–H groups in total. The first-order chi connectivity index (χ1) is 16.5. The van der Waals surface area contributed by atoms with Crippen LogP contribution in [0.2, 0.25) is 0 Å². The van der Waals surface area contributed by atoms with Crippen molar-refractivity contribution in [2.75, 3.05) is 13.2 Å². The van der Waals surface area contributed by atoms with Gasteiger partial charge in [0, 0.05) is 17.1 Å². The number of esters is 2. The second kappa shape index (κ2) is 12.8. The van der Waals surface area contributed by atoms with E-state index in [0.717, 1.165) is 5.56 Å². The van der Waals surface area contributed by atoms with E-state index in [0.29, 0.717) is 28.0 Å². The number of hydrogen-bond acceptors (Lipinski definition) is 6. The molecule has 0 amide bonds. The van der Waals surface area contributed by atoms with Crippen LogP contribution in [0, 0.1) is 11.7 Å². The third-order valence-electron chi connectivity index (χ3n) is 5.02. The molecule has 2 aromatic carbocycles. The summed E-state index contributed by atoms with van der Waals surface area (Å²) in [5, 5.41) is 9.87. The number of halogens is 1. The highest BCUT2D eigenvalue weighted by Crippen LogP contribution is 2.26. The number of rotatable bonds is 12. The van der Waals surface area contributed by atoms with E-state index in [1.165, 1.54) is 13.0 Å². The average Bonchev–Trinajstić information content (AvgIpc) is 2.81. The van der Waals surface area contributed by atoms with Gasteiger partial charge in [-0.15, -0.1) is 0 Å². The molecule has 0 radical (unpaired) electrons. The number of carbonyl (C=O) groups is 2. The highest BCUT2D eigenvalue weighted by molar-refractivity contribution is 5.88. The minimum absolute atomic E-state index is 0.0276. The Morgan fingerprint density at radius 2 is 1.51 bits per heavy atom. The second-order valence-electron chi connectivity index (χ2n) is 8.48. The molecule has 0 aliphatic rings. The highest BCUT2D eigenvalue weighted by atomic mass is 19.1. The summed E-state index contributed by atoms with van der Waals surface area (Å²) in [5.41, 5.74) is 2.76. The van der Waals surface area contributed by atoms with Crippen LogP contribution in [-0.2, 0) is 25.5 Å². The van der Waals surface area contributed by atoms with Crippen molar-refractivity contribution in [3.63, 3.8) is 0 Å². The maximum atomic E-state index is 15.0. The fourth-order valence-corrected chi connectivity index (χ4v) is 2.97. The predicted octanol–water partition coefficient (Wildman–Crippen LogP) is 5.16. The van der Waals surface area contributed by atoms with E-state index in [4.69, 9.17) is 14.2 Å². The van der Waals surface area contributed by atoms with Gasteiger partial charge in [-0.3, -0.25) is 0 Å². The Morgan fingerprint density at radius 1 is 0.914 bits per heavy atom. The molecule has 0 saturated carbocycles. The zero-order valence-corrected chi connectivity index (χ0v) is 20.3. The van der Waals surface area contributed by atoms with Crippen LogP contribution in [-0.4, -0.2) is 36.5 Å². The van der Waals surface area contributed by atoms with Crippen molar-refractivity contribution in [2.45, 2.75) is 33.5 Å². The summed E-state index contributed by atoms with van der Waals surface area (Å²) in [6.45, 7) is 15.4. The quantitative estimate of drug-likeness (QED) is 0.148. The van der Waals surface area contributed by atoms with Crippen LogP contribution in [0.3, 0.4) is 0 Å². The van der Waals surface area contributed by atoms with E-state index in [2.05, 4.69) is 19.7 Å². The normalized spacial score (nSPS) is 12.4. The summed E-state index contributed by atoms with van der Waals surface area (Å²) in [6.07, 6.45) is -0.951. The lowest BCUT2D eigenvalue weighted by Gasteiger charge is -2.20. The molecule has 0 heterocycles. The summed E-state index contributed by atoms with van der Waals surface area (Å²) in [4.78, 5) is 23.4. The van der Waals surface area contributed by atoms with E-state index < -0.39 is 30.0 Å². The van der Waals surface area contributed by atoms with Gasteiger partial charge in [-0.2, -0.15) is 0 Å². The lowest BCUT2D eigenvalue weighted by Crippen LogP contribution is -2.25. The van der Waals surface area contributed by atoms with Gasteiger partial charge in [0.1, 0.15) is 11.6 Å². The van der Waals surface area contributed by atoms with Crippen molar-refractivity contribution < 1.29 is 33.3 Å². The SMILES string of the molecule is C=C(C)C(=O)OCC(COC(O)C(=C)C)Cc1ccc(-c2ccc(OC(=O)C(=C)C)cc2)cc1F. The van der Waals surface area contributed by atoms with Crippen molar-refractivity contribution >= 4 is 11.9 Å². The fourth-order valence-electron chi connectivity index (χ4n) is 2.97. The Bertz CT molecular complexity index is 1100. The molecule has 0 aliphatic heterocycles. The maximum Gasteiger partial charge on any atom is 0.338 e. The average molecular weight is 483 g/mol. The largest absolute Gasteiger partial charge is 0.462 e. The summed E-state index contributed by atoms with van der Waals surface area (Å²) in [7, 11) is 0. The molecule has 2 unspecified atom stereocenters. The van der Waals surface area contributed by atoms with Crippen molar-refractivity contribution in [1.82, 2.24) is 0 Å². The molecule has 35 heavy (non-hydrogen) atoms. The van der Waals surface area contributed by atoms with Gasteiger partial charge in [0.15, 0.2) is 6.29 Å². The van der Waals surface area contributed by atoms with Crippen LogP contribution >= 0.6 is 0 Å². The lowest BCUT2D eigenvalue weighted by atomic mass is 9.97. The third-order valence-corrected chi connectivity index (χ3v) is 5.02. The molecule has 0 aliphatic carbocycles. The summed E-state index contributed by atoms with van der Waals surface area (Å²) >= 11 is 0. The van der Waals surface area contributed by atoms with Crippen LogP contribution in [0.4, 0.5) is 4.39 Å². The van der Waals surface area contributed by atoms with Gasteiger partial charge < -0.3 is 19.3 Å². The third kappa shape index (κ3) is 8.63. The molecular formula is C28H31FO6. The monoisotopic (exact) mass is 482 g/mol. The number of ether oxygens (including phenoxy) is 3. The standard InChI is InChI=1S/C28H31FO6/c1-17(2)26(30)33-15-20(16-34-27(31)18(3)4)13-23-8-7-22(14-25(23)29)21-9-11-24(12-10-21)35-28(32)19(5)6/h7-12,14,20,26,30H,1,3,5,13,15-16H2,2,4,6H3. The van der Waals surface area contributed by atoms with Crippen LogP contribution in [0.1, 0.15) is 26.3 Å². The zero-order chi connectivity index (χ0) is 26.1. The van der Waals surface area contributed by atoms with Crippen LogP contribution in [0.5, 0.6) is 5.75 Å². The molecule has 0 saturated heterocycles. The Kier molecular flexibility index (Phi) is 10.1. The zero-order valence-electron chi connectivity index (χ0n) is 20.3.